The van der Waals surface area contributed by atoms with Crippen molar-refractivity contribution in [3.05, 3.63) is 24.3 Å². The molecule has 4 nitrogen and oxygen atoms in total. The Kier molecular flexibility index (Phi) is 6.67. The van der Waals surface area contributed by atoms with E-state index < -0.39 is 0 Å². The van der Waals surface area contributed by atoms with Gasteiger partial charge in [0.1, 0.15) is 11.9 Å². The molecule has 0 amide bonds. The summed E-state index contributed by atoms with van der Waals surface area (Å²) in [4.78, 5) is 4.35. The van der Waals surface area contributed by atoms with Gasteiger partial charge in [-0.3, -0.25) is 0 Å². The first kappa shape index (κ1) is 15.8. The number of rotatable bonds is 8. The number of anilines is 1. The smallest absolute Gasteiger partial charge is 0.121 e. The van der Waals surface area contributed by atoms with Crippen LogP contribution in [0.15, 0.2) is 24.3 Å². The Morgan fingerprint density at radius 3 is 2.63 bits per heavy atom. The van der Waals surface area contributed by atoms with Gasteiger partial charge in [0.25, 0.3) is 0 Å². The molecule has 0 aromatic heterocycles. The highest BCUT2D eigenvalue weighted by Crippen LogP contribution is 2.21. The van der Waals surface area contributed by atoms with Crippen molar-refractivity contribution in [1.29, 1.82) is 0 Å². The van der Waals surface area contributed by atoms with Gasteiger partial charge in [-0.05, 0) is 40.2 Å². The van der Waals surface area contributed by atoms with E-state index in [-0.39, 0.29) is 6.10 Å². The van der Waals surface area contributed by atoms with E-state index in [2.05, 4.69) is 55.3 Å². The summed E-state index contributed by atoms with van der Waals surface area (Å²) in [6.07, 6.45) is 0.188. The van der Waals surface area contributed by atoms with Crippen LogP contribution in [0.2, 0.25) is 0 Å². The molecule has 0 aliphatic heterocycles. The van der Waals surface area contributed by atoms with Crippen LogP contribution in [-0.2, 0) is 0 Å². The minimum atomic E-state index is 0.188. The lowest BCUT2D eigenvalue weighted by molar-refractivity contribution is 0.177. The van der Waals surface area contributed by atoms with E-state index in [1.165, 1.54) is 5.69 Å². The molecule has 0 radical (unpaired) electrons. The van der Waals surface area contributed by atoms with Crippen LogP contribution in [0, 0.1) is 0 Å². The van der Waals surface area contributed by atoms with Gasteiger partial charge in [-0.25, -0.2) is 0 Å². The van der Waals surface area contributed by atoms with Crippen molar-refractivity contribution in [2.45, 2.75) is 13.0 Å². The van der Waals surface area contributed by atoms with Gasteiger partial charge in [0.05, 0.1) is 0 Å². The van der Waals surface area contributed by atoms with E-state index in [9.17, 15) is 0 Å². The van der Waals surface area contributed by atoms with Gasteiger partial charge in [0.15, 0.2) is 0 Å². The van der Waals surface area contributed by atoms with Crippen molar-refractivity contribution in [3.63, 3.8) is 0 Å². The van der Waals surface area contributed by atoms with E-state index in [0.29, 0.717) is 0 Å². The largest absolute Gasteiger partial charge is 0.489 e. The number of nitrogens with one attached hydrogen (secondary N) is 1. The van der Waals surface area contributed by atoms with Gasteiger partial charge < -0.3 is 19.9 Å². The van der Waals surface area contributed by atoms with Gasteiger partial charge in [-0.15, -0.1) is 0 Å². The van der Waals surface area contributed by atoms with Gasteiger partial charge in [0, 0.05) is 38.4 Å². The molecule has 1 aromatic carbocycles. The number of nitrogens with zero attached hydrogens (tertiary/aromatic N) is 2. The zero-order chi connectivity index (χ0) is 14.3. The molecule has 0 spiro atoms. The lowest BCUT2D eigenvalue weighted by Gasteiger charge is -2.22. The van der Waals surface area contributed by atoms with Crippen LogP contribution in [-0.4, -0.2) is 58.8 Å². The van der Waals surface area contributed by atoms with E-state index in [4.69, 9.17) is 4.74 Å². The molecule has 0 aliphatic carbocycles. The van der Waals surface area contributed by atoms with Gasteiger partial charge in [0.2, 0.25) is 0 Å². The fourth-order valence-electron chi connectivity index (χ4n) is 1.99. The van der Waals surface area contributed by atoms with Crippen LogP contribution >= 0.6 is 0 Å². The first-order chi connectivity index (χ1) is 9.02. The summed E-state index contributed by atoms with van der Waals surface area (Å²) in [7, 11) is 8.18. The highest BCUT2D eigenvalue weighted by Gasteiger charge is 2.07. The van der Waals surface area contributed by atoms with Crippen molar-refractivity contribution in [2.24, 2.45) is 0 Å². The van der Waals surface area contributed by atoms with Crippen LogP contribution in [0.3, 0.4) is 0 Å². The summed E-state index contributed by atoms with van der Waals surface area (Å²) in [6.45, 7) is 4.96. The Morgan fingerprint density at radius 2 is 2.00 bits per heavy atom. The fourth-order valence-corrected chi connectivity index (χ4v) is 1.99. The first-order valence-electron chi connectivity index (χ1n) is 6.80. The molecular weight excluding hydrogens is 238 g/mol. The summed E-state index contributed by atoms with van der Waals surface area (Å²) in [5.41, 5.74) is 1.19. The second-order valence-electron chi connectivity index (χ2n) is 5.21. The number of ether oxygens (including phenoxy) is 1. The summed E-state index contributed by atoms with van der Waals surface area (Å²) in [5, 5.41) is 3.16. The van der Waals surface area contributed by atoms with Crippen LogP contribution < -0.4 is 15.0 Å². The molecule has 1 atom stereocenters. The van der Waals surface area contributed by atoms with Crippen molar-refractivity contribution < 1.29 is 4.74 Å². The topological polar surface area (TPSA) is 27.7 Å². The maximum atomic E-state index is 5.94. The lowest BCUT2D eigenvalue weighted by atomic mass is 10.2. The lowest BCUT2D eigenvalue weighted by Crippen LogP contribution is -2.28. The molecule has 1 aromatic rings. The zero-order valence-electron chi connectivity index (χ0n) is 12.8. The second kappa shape index (κ2) is 8.02. The first-order valence-corrected chi connectivity index (χ1v) is 6.80. The predicted octanol–water partition coefficient (Wildman–Crippen LogP) is 1.67. The Hall–Kier alpha value is -1.26. The Labute approximate surface area is 117 Å². The molecule has 0 saturated carbocycles. The highest BCUT2D eigenvalue weighted by atomic mass is 16.5. The molecule has 108 valence electrons. The summed E-state index contributed by atoms with van der Waals surface area (Å²) in [5.74, 6) is 0.933. The molecule has 0 aliphatic rings. The van der Waals surface area contributed by atoms with Crippen LogP contribution in [0.25, 0.3) is 0 Å². The molecule has 19 heavy (non-hydrogen) atoms. The van der Waals surface area contributed by atoms with Crippen molar-refractivity contribution in [2.75, 3.05) is 52.7 Å². The molecule has 1 rings (SSSR count). The monoisotopic (exact) mass is 265 g/mol. The van der Waals surface area contributed by atoms with Crippen LogP contribution in [0.5, 0.6) is 5.75 Å². The fraction of sp³-hybridized carbons (Fsp3) is 0.600. The summed E-state index contributed by atoms with van der Waals surface area (Å²) >= 11 is 0. The zero-order valence-corrected chi connectivity index (χ0v) is 12.8. The Balaban J connectivity index is 2.61. The second-order valence-corrected chi connectivity index (χ2v) is 5.21. The van der Waals surface area contributed by atoms with E-state index in [1.807, 2.05) is 19.2 Å². The Bertz CT molecular complexity index is 368. The van der Waals surface area contributed by atoms with E-state index in [0.717, 1.165) is 25.4 Å². The molecule has 0 heterocycles. The van der Waals surface area contributed by atoms with E-state index in [1.54, 1.807) is 0 Å². The average molecular weight is 265 g/mol. The standard InChI is InChI=1S/C15H27N3O/c1-13(12-17(3)4)19-15-8-6-7-14(11-15)18(5)10-9-16-2/h6-8,11,13,16H,9-10,12H2,1-5H3. The molecule has 0 fully saturated rings. The molecule has 4 heteroatoms. The third-order valence-corrected chi connectivity index (χ3v) is 2.92. The summed E-state index contributed by atoms with van der Waals surface area (Å²) in [6, 6.07) is 8.27. The van der Waals surface area contributed by atoms with Gasteiger partial charge in [-0.2, -0.15) is 0 Å². The summed E-state index contributed by atoms with van der Waals surface area (Å²) < 4.78 is 5.94. The third-order valence-electron chi connectivity index (χ3n) is 2.92. The molecule has 1 unspecified atom stereocenters. The van der Waals surface area contributed by atoms with Gasteiger partial charge >= 0.3 is 0 Å². The number of hydrogen-bond donors (Lipinski definition) is 1. The molecule has 0 bridgehead atoms. The SMILES string of the molecule is CNCCN(C)c1cccc(OC(C)CN(C)C)c1. The quantitative estimate of drug-likeness (QED) is 0.774. The predicted molar refractivity (Wildman–Crippen MR) is 82.3 cm³/mol. The molecule has 0 saturated heterocycles. The van der Waals surface area contributed by atoms with Gasteiger partial charge in [-0.1, -0.05) is 6.07 Å². The third kappa shape index (κ3) is 5.94. The van der Waals surface area contributed by atoms with Crippen LogP contribution in [0.4, 0.5) is 5.69 Å². The van der Waals surface area contributed by atoms with Crippen molar-refractivity contribution >= 4 is 5.69 Å². The number of benzene rings is 1. The minimum Gasteiger partial charge on any atom is -0.489 e. The normalized spacial score (nSPS) is 12.5. The minimum absolute atomic E-state index is 0.188. The molecule has 1 N–H and O–H groups in total. The van der Waals surface area contributed by atoms with Crippen LogP contribution in [0.1, 0.15) is 6.92 Å². The maximum Gasteiger partial charge on any atom is 0.121 e. The maximum absolute atomic E-state index is 5.94. The highest BCUT2D eigenvalue weighted by molar-refractivity contribution is 5.50. The van der Waals surface area contributed by atoms with Crippen molar-refractivity contribution in [1.82, 2.24) is 10.2 Å². The number of hydrogen-bond acceptors (Lipinski definition) is 4. The number of likely N-dealkylation sites (N-methyl/N-ethyl adjacent to an activating group) is 3. The average Bonchev–Trinajstić information content (AvgIpc) is 2.35. The van der Waals surface area contributed by atoms with Crippen molar-refractivity contribution in [3.8, 4) is 5.75 Å². The Morgan fingerprint density at radius 1 is 1.26 bits per heavy atom. The van der Waals surface area contributed by atoms with E-state index >= 15 is 0 Å². The molecular formula is C15H27N3O.